The van der Waals surface area contributed by atoms with Crippen LogP contribution in [-0.2, 0) is 14.4 Å². The number of nitrogens with zero attached hydrogens (tertiary/aromatic N) is 2. The van der Waals surface area contributed by atoms with Crippen LogP contribution < -0.4 is 20.7 Å². The zero-order valence-electron chi connectivity index (χ0n) is 22.1. The maximum absolute atomic E-state index is 13.2. The molecule has 1 aromatic rings. The number of amides is 4. The van der Waals surface area contributed by atoms with Gasteiger partial charge in [-0.05, 0) is 58.5 Å². The van der Waals surface area contributed by atoms with E-state index in [9.17, 15) is 19.2 Å². The lowest BCUT2D eigenvalue weighted by molar-refractivity contribution is -0.136. The van der Waals surface area contributed by atoms with E-state index < -0.39 is 11.9 Å². The number of rotatable bonds is 7. The summed E-state index contributed by atoms with van der Waals surface area (Å²) in [7, 11) is 3.91. The van der Waals surface area contributed by atoms with E-state index in [1.54, 1.807) is 31.2 Å². The minimum Gasteiger partial charge on any atom is -0.491 e. The zero-order chi connectivity index (χ0) is 26.7. The second-order valence-electron chi connectivity index (χ2n) is 9.65. The van der Waals surface area contributed by atoms with E-state index in [1.165, 1.54) is 4.90 Å². The van der Waals surface area contributed by atoms with Crippen molar-refractivity contribution >= 4 is 23.6 Å². The molecule has 0 saturated heterocycles. The number of fused-ring (bicyclic) bond motifs is 1. The molecule has 10 nitrogen and oxygen atoms in total. The molecule has 2 rings (SSSR count). The quantitative estimate of drug-likeness (QED) is 0.478. The largest absolute Gasteiger partial charge is 0.491 e. The van der Waals surface area contributed by atoms with Crippen molar-refractivity contribution in [1.29, 1.82) is 0 Å². The third kappa shape index (κ3) is 9.14. The summed E-state index contributed by atoms with van der Waals surface area (Å²) in [5.74, 6) is -0.907. The van der Waals surface area contributed by atoms with Gasteiger partial charge in [0.25, 0.3) is 5.91 Å². The average molecular weight is 504 g/mol. The SMILES string of the molecule is CCN1CC(=O)N[C@@H](C(C)C)COc2ccccc2C(=O)N[C@H](C(=O)NCCCN(C)C)CCC1=O. The molecule has 0 aromatic heterocycles. The molecule has 36 heavy (non-hydrogen) atoms. The maximum atomic E-state index is 13.2. The molecule has 0 saturated carbocycles. The molecule has 0 unspecified atom stereocenters. The molecule has 3 N–H and O–H groups in total. The molecule has 1 aliphatic heterocycles. The van der Waals surface area contributed by atoms with Crippen molar-refractivity contribution in [3.63, 3.8) is 0 Å². The number of para-hydroxylation sites is 1. The Hall–Kier alpha value is -3.14. The monoisotopic (exact) mass is 503 g/mol. The van der Waals surface area contributed by atoms with Crippen LogP contribution in [0.3, 0.4) is 0 Å². The van der Waals surface area contributed by atoms with Crippen molar-refractivity contribution in [2.45, 2.75) is 52.1 Å². The van der Waals surface area contributed by atoms with Crippen LogP contribution in [0.2, 0.25) is 0 Å². The number of benzene rings is 1. The molecule has 1 heterocycles. The smallest absolute Gasteiger partial charge is 0.255 e. The topological polar surface area (TPSA) is 120 Å². The van der Waals surface area contributed by atoms with Gasteiger partial charge < -0.3 is 30.5 Å². The van der Waals surface area contributed by atoms with Gasteiger partial charge in [-0.3, -0.25) is 19.2 Å². The van der Waals surface area contributed by atoms with Crippen molar-refractivity contribution in [1.82, 2.24) is 25.8 Å². The summed E-state index contributed by atoms with van der Waals surface area (Å²) in [6, 6.07) is 5.57. The van der Waals surface area contributed by atoms with E-state index in [4.69, 9.17) is 4.74 Å². The summed E-state index contributed by atoms with van der Waals surface area (Å²) >= 11 is 0. The number of ether oxygens (including phenoxy) is 1. The molecule has 1 aromatic carbocycles. The van der Waals surface area contributed by atoms with E-state index >= 15 is 0 Å². The Morgan fingerprint density at radius 1 is 1.19 bits per heavy atom. The highest BCUT2D eigenvalue weighted by Gasteiger charge is 2.27. The van der Waals surface area contributed by atoms with Crippen LogP contribution in [0.5, 0.6) is 5.75 Å². The van der Waals surface area contributed by atoms with E-state index in [0.29, 0.717) is 18.8 Å². The van der Waals surface area contributed by atoms with Gasteiger partial charge in [0.1, 0.15) is 18.4 Å². The lowest BCUT2D eigenvalue weighted by atomic mass is 10.1. The molecule has 0 radical (unpaired) electrons. The van der Waals surface area contributed by atoms with Gasteiger partial charge in [-0.25, -0.2) is 0 Å². The standard InChI is InChI=1S/C26H41N5O5/c1-6-31-16-23(32)28-21(18(2)3)17-36-22-11-8-7-10-19(22)25(34)29-20(12-13-24(31)33)26(35)27-14-9-15-30(4)5/h7-8,10-11,18,20-21H,6,9,12-17H2,1-5H3,(H,27,35)(H,28,32)(H,29,34)/t20-,21+/m0/s1. The normalized spacial score (nSPS) is 20.1. The fourth-order valence-electron chi connectivity index (χ4n) is 3.82. The number of nitrogens with one attached hydrogen (secondary N) is 3. The van der Waals surface area contributed by atoms with Crippen LogP contribution in [0.25, 0.3) is 0 Å². The molecule has 0 fully saturated rings. The average Bonchev–Trinajstić information content (AvgIpc) is 2.84. The first-order valence-electron chi connectivity index (χ1n) is 12.6. The fourth-order valence-corrected chi connectivity index (χ4v) is 3.82. The van der Waals surface area contributed by atoms with Crippen LogP contribution in [0, 0.1) is 5.92 Å². The molecule has 4 amide bonds. The van der Waals surface area contributed by atoms with Crippen LogP contribution in [0.4, 0.5) is 0 Å². The first-order valence-corrected chi connectivity index (χ1v) is 12.6. The predicted molar refractivity (Wildman–Crippen MR) is 138 cm³/mol. The van der Waals surface area contributed by atoms with Gasteiger partial charge in [-0.15, -0.1) is 0 Å². The van der Waals surface area contributed by atoms with E-state index in [0.717, 1.165) is 13.0 Å². The number of carbonyl (C=O) groups excluding carboxylic acids is 4. The molecular formula is C26H41N5O5. The molecule has 200 valence electrons. The summed E-state index contributed by atoms with van der Waals surface area (Å²) in [5, 5.41) is 8.61. The Balaban J connectivity index is 2.30. The number of hydrogen-bond acceptors (Lipinski definition) is 6. The lowest BCUT2D eigenvalue weighted by Crippen LogP contribution is -2.48. The summed E-state index contributed by atoms with van der Waals surface area (Å²) < 4.78 is 5.97. The Kier molecular flexibility index (Phi) is 11.7. The molecular weight excluding hydrogens is 462 g/mol. The first kappa shape index (κ1) is 29.1. The number of hydrogen-bond donors (Lipinski definition) is 3. The number of carbonyl (C=O) groups is 4. The Labute approximate surface area is 214 Å². The summed E-state index contributed by atoms with van der Waals surface area (Å²) in [4.78, 5) is 55.3. The summed E-state index contributed by atoms with van der Waals surface area (Å²) in [6.07, 6.45) is 0.882. The molecule has 0 bridgehead atoms. The van der Waals surface area contributed by atoms with Crippen LogP contribution >= 0.6 is 0 Å². The summed E-state index contributed by atoms with van der Waals surface area (Å²) in [5.41, 5.74) is 0.285. The van der Waals surface area contributed by atoms with Crippen molar-refractivity contribution in [2.24, 2.45) is 5.92 Å². The van der Waals surface area contributed by atoms with Crippen LogP contribution in [0.1, 0.15) is 50.4 Å². The highest BCUT2D eigenvalue weighted by atomic mass is 16.5. The van der Waals surface area contributed by atoms with E-state index in [-0.39, 0.29) is 61.2 Å². The van der Waals surface area contributed by atoms with Crippen molar-refractivity contribution in [3.05, 3.63) is 29.8 Å². The van der Waals surface area contributed by atoms with Gasteiger partial charge in [0.15, 0.2) is 0 Å². The minimum absolute atomic E-state index is 0.0168. The Morgan fingerprint density at radius 2 is 1.92 bits per heavy atom. The van der Waals surface area contributed by atoms with Gasteiger partial charge in [-0.2, -0.15) is 0 Å². The third-order valence-corrected chi connectivity index (χ3v) is 6.12. The Bertz CT molecular complexity index is 904. The second-order valence-corrected chi connectivity index (χ2v) is 9.65. The van der Waals surface area contributed by atoms with Crippen LogP contribution in [-0.4, -0.2) is 92.4 Å². The molecule has 1 aliphatic rings. The first-order chi connectivity index (χ1) is 17.1. The molecule has 2 atom stereocenters. The maximum Gasteiger partial charge on any atom is 0.255 e. The third-order valence-electron chi connectivity index (χ3n) is 6.12. The molecule has 10 heteroatoms. The Morgan fingerprint density at radius 3 is 2.58 bits per heavy atom. The molecule has 0 spiro atoms. The fraction of sp³-hybridized carbons (Fsp3) is 0.615. The van der Waals surface area contributed by atoms with Crippen molar-refractivity contribution in [3.8, 4) is 5.75 Å². The predicted octanol–water partition coefficient (Wildman–Crippen LogP) is 1.01. The van der Waals surface area contributed by atoms with Gasteiger partial charge >= 0.3 is 0 Å². The minimum atomic E-state index is -0.907. The van der Waals surface area contributed by atoms with Crippen molar-refractivity contribution in [2.75, 3.05) is 46.9 Å². The van der Waals surface area contributed by atoms with E-state index in [2.05, 4.69) is 16.0 Å². The second kappa shape index (κ2) is 14.4. The zero-order valence-corrected chi connectivity index (χ0v) is 22.1. The number of likely N-dealkylation sites (N-methyl/N-ethyl adjacent to an activating group) is 1. The van der Waals surface area contributed by atoms with Crippen LogP contribution in [0.15, 0.2) is 24.3 Å². The lowest BCUT2D eigenvalue weighted by Gasteiger charge is -2.25. The summed E-state index contributed by atoms with van der Waals surface area (Å²) in [6.45, 7) is 7.42. The van der Waals surface area contributed by atoms with Gasteiger partial charge in [0, 0.05) is 19.5 Å². The van der Waals surface area contributed by atoms with Gasteiger partial charge in [0.2, 0.25) is 17.7 Å². The van der Waals surface area contributed by atoms with Crippen molar-refractivity contribution < 1.29 is 23.9 Å². The molecule has 0 aliphatic carbocycles. The van der Waals surface area contributed by atoms with Gasteiger partial charge in [-0.1, -0.05) is 26.0 Å². The highest BCUT2D eigenvalue weighted by molar-refractivity contribution is 5.99. The van der Waals surface area contributed by atoms with Gasteiger partial charge in [0.05, 0.1) is 18.2 Å². The van der Waals surface area contributed by atoms with E-state index in [1.807, 2.05) is 32.8 Å². The highest BCUT2D eigenvalue weighted by Crippen LogP contribution is 2.20.